The Bertz CT molecular complexity index is 320. The van der Waals surface area contributed by atoms with Crippen LogP contribution < -0.4 is 10.6 Å². The zero-order chi connectivity index (χ0) is 13.8. The van der Waals surface area contributed by atoms with Crippen LogP contribution in [0, 0.1) is 5.92 Å². The second-order valence-electron chi connectivity index (χ2n) is 4.28. The van der Waals surface area contributed by atoms with Crippen molar-refractivity contribution in [3.63, 3.8) is 0 Å². The van der Waals surface area contributed by atoms with Crippen molar-refractivity contribution in [3.8, 4) is 0 Å². The van der Waals surface area contributed by atoms with Gasteiger partial charge in [-0.25, -0.2) is 4.79 Å². The lowest BCUT2D eigenvalue weighted by Crippen LogP contribution is -2.50. The fourth-order valence-electron chi connectivity index (χ4n) is 2.00. The molecule has 1 fully saturated rings. The second kappa shape index (κ2) is 5.92. The number of carboxylic acid groups (broad SMARTS) is 1. The van der Waals surface area contributed by atoms with Gasteiger partial charge in [0, 0.05) is 6.04 Å². The molecule has 1 aliphatic carbocycles. The minimum atomic E-state index is -4.48. The van der Waals surface area contributed by atoms with E-state index >= 15 is 0 Å². The highest BCUT2D eigenvalue weighted by molar-refractivity contribution is 5.76. The number of amides is 2. The highest BCUT2D eigenvalue weighted by Crippen LogP contribution is 2.24. The van der Waals surface area contributed by atoms with Crippen LogP contribution in [0.4, 0.5) is 18.0 Å². The Balaban J connectivity index is 2.44. The van der Waals surface area contributed by atoms with Gasteiger partial charge in [0.2, 0.25) is 0 Å². The first-order chi connectivity index (χ1) is 8.29. The molecule has 1 saturated carbocycles. The zero-order valence-corrected chi connectivity index (χ0v) is 9.59. The van der Waals surface area contributed by atoms with Crippen LogP contribution >= 0.6 is 0 Å². The summed E-state index contributed by atoms with van der Waals surface area (Å²) in [7, 11) is 0. The third kappa shape index (κ3) is 4.80. The summed E-state index contributed by atoms with van der Waals surface area (Å²) in [6.45, 7) is -1.43. The maximum atomic E-state index is 11.9. The van der Waals surface area contributed by atoms with E-state index in [0.29, 0.717) is 12.8 Å². The Labute approximate surface area is 102 Å². The standard InChI is InChI=1S/C10H15F3N2O3/c11-10(12,13)5-14-9(18)15-7-4-2-1-3-6(7)8(16)17/h6-7H,1-5H2,(H,16,17)(H2,14,15,18). The largest absolute Gasteiger partial charge is 0.481 e. The molecular weight excluding hydrogens is 253 g/mol. The second-order valence-corrected chi connectivity index (χ2v) is 4.28. The first-order valence-corrected chi connectivity index (χ1v) is 5.63. The number of rotatable bonds is 3. The van der Waals surface area contributed by atoms with Crippen LogP contribution in [0.25, 0.3) is 0 Å². The summed E-state index contributed by atoms with van der Waals surface area (Å²) in [5.41, 5.74) is 0. The van der Waals surface area contributed by atoms with E-state index in [-0.39, 0.29) is 0 Å². The molecule has 0 aromatic carbocycles. The topological polar surface area (TPSA) is 78.4 Å². The summed E-state index contributed by atoms with van der Waals surface area (Å²) in [5, 5.41) is 12.9. The summed E-state index contributed by atoms with van der Waals surface area (Å²) in [4.78, 5) is 22.1. The average Bonchev–Trinajstić information content (AvgIpc) is 2.26. The van der Waals surface area contributed by atoms with Gasteiger partial charge in [0.05, 0.1) is 5.92 Å². The van der Waals surface area contributed by atoms with Gasteiger partial charge in [0.15, 0.2) is 0 Å². The van der Waals surface area contributed by atoms with Gasteiger partial charge < -0.3 is 15.7 Å². The van der Waals surface area contributed by atoms with Gasteiger partial charge in [-0.15, -0.1) is 0 Å². The number of halogens is 3. The highest BCUT2D eigenvalue weighted by atomic mass is 19.4. The number of carbonyl (C=O) groups is 2. The molecule has 18 heavy (non-hydrogen) atoms. The van der Waals surface area contributed by atoms with Gasteiger partial charge in [-0.1, -0.05) is 12.8 Å². The van der Waals surface area contributed by atoms with Crippen molar-refractivity contribution in [2.75, 3.05) is 6.54 Å². The monoisotopic (exact) mass is 268 g/mol. The zero-order valence-electron chi connectivity index (χ0n) is 9.59. The molecule has 0 radical (unpaired) electrons. The molecule has 104 valence electrons. The van der Waals surface area contributed by atoms with E-state index in [1.54, 1.807) is 5.32 Å². The number of hydrogen-bond acceptors (Lipinski definition) is 2. The minimum Gasteiger partial charge on any atom is -0.481 e. The summed E-state index contributed by atoms with van der Waals surface area (Å²) >= 11 is 0. The van der Waals surface area contributed by atoms with Crippen molar-refractivity contribution in [1.29, 1.82) is 0 Å². The highest BCUT2D eigenvalue weighted by Gasteiger charge is 2.33. The van der Waals surface area contributed by atoms with E-state index in [0.717, 1.165) is 12.8 Å². The fraction of sp³-hybridized carbons (Fsp3) is 0.800. The number of carbonyl (C=O) groups excluding carboxylic acids is 1. The van der Waals surface area contributed by atoms with Crippen molar-refractivity contribution in [3.05, 3.63) is 0 Å². The molecule has 1 rings (SSSR count). The molecule has 8 heteroatoms. The predicted octanol–water partition coefficient (Wildman–Crippen LogP) is 1.49. The number of carboxylic acids is 1. The van der Waals surface area contributed by atoms with Crippen LogP contribution in [0.15, 0.2) is 0 Å². The number of hydrogen-bond donors (Lipinski definition) is 3. The maximum Gasteiger partial charge on any atom is 0.405 e. The lowest BCUT2D eigenvalue weighted by Gasteiger charge is -2.29. The third-order valence-corrected chi connectivity index (χ3v) is 2.85. The molecule has 0 aromatic rings. The molecule has 1 aliphatic rings. The molecule has 2 atom stereocenters. The quantitative estimate of drug-likeness (QED) is 0.725. The molecular formula is C10H15F3N2O3. The molecule has 3 N–H and O–H groups in total. The lowest BCUT2D eigenvalue weighted by atomic mass is 9.84. The lowest BCUT2D eigenvalue weighted by molar-refractivity contribution is -0.143. The van der Waals surface area contributed by atoms with Crippen molar-refractivity contribution in [2.45, 2.75) is 37.9 Å². The first-order valence-electron chi connectivity index (χ1n) is 5.63. The van der Waals surface area contributed by atoms with E-state index in [4.69, 9.17) is 5.11 Å². The Kier molecular flexibility index (Phi) is 4.80. The van der Waals surface area contributed by atoms with E-state index in [9.17, 15) is 22.8 Å². The van der Waals surface area contributed by atoms with E-state index in [1.807, 2.05) is 0 Å². The number of alkyl halides is 3. The van der Waals surface area contributed by atoms with Gasteiger partial charge in [0.1, 0.15) is 6.54 Å². The van der Waals surface area contributed by atoms with Crippen LogP contribution in [0.5, 0.6) is 0 Å². The van der Waals surface area contributed by atoms with E-state index < -0.39 is 36.7 Å². The summed E-state index contributed by atoms with van der Waals surface area (Å²) < 4.78 is 35.6. The Hall–Kier alpha value is -1.47. The van der Waals surface area contributed by atoms with Crippen LogP contribution in [0.3, 0.4) is 0 Å². The summed E-state index contributed by atoms with van der Waals surface area (Å²) in [6, 6.07) is -1.59. The average molecular weight is 268 g/mol. The fourth-order valence-corrected chi connectivity index (χ4v) is 2.00. The molecule has 0 aromatic heterocycles. The normalized spacial score (nSPS) is 24.4. The molecule has 2 unspecified atom stereocenters. The molecule has 0 bridgehead atoms. The molecule has 0 saturated heterocycles. The van der Waals surface area contributed by atoms with Crippen LogP contribution in [0.1, 0.15) is 25.7 Å². The predicted molar refractivity (Wildman–Crippen MR) is 56.0 cm³/mol. The maximum absolute atomic E-state index is 11.9. The minimum absolute atomic E-state index is 0.430. The van der Waals surface area contributed by atoms with Crippen LogP contribution in [-0.2, 0) is 4.79 Å². The number of nitrogens with one attached hydrogen (secondary N) is 2. The van der Waals surface area contributed by atoms with Crippen molar-refractivity contribution in [1.82, 2.24) is 10.6 Å². The van der Waals surface area contributed by atoms with Crippen molar-refractivity contribution >= 4 is 12.0 Å². The van der Waals surface area contributed by atoms with Crippen molar-refractivity contribution < 1.29 is 27.9 Å². The van der Waals surface area contributed by atoms with Crippen molar-refractivity contribution in [2.24, 2.45) is 5.92 Å². The SMILES string of the molecule is O=C(NCC(F)(F)F)NC1CCCCC1C(=O)O. The van der Waals surface area contributed by atoms with Crippen LogP contribution in [-0.4, -0.2) is 35.9 Å². The van der Waals surface area contributed by atoms with Gasteiger partial charge in [-0.2, -0.15) is 13.2 Å². The molecule has 0 heterocycles. The Morgan fingerprint density at radius 1 is 1.22 bits per heavy atom. The molecule has 0 spiro atoms. The Morgan fingerprint density at radius 2 is 1.83 bits per heavy atom. The van der Waals surface area contributed by atoms with Gasteiger partial charge in [-0.3, -0.25) is 4.79 Å². The molecule has 5 nitrogen and oxygen atoms in total. The van der Waals surface area contributed by atoms with Gasteiger partial charge >= 0.3 is 18.2 Å². The third-order valence-electron chi connectivity index (χ3n) is 2.85. The number of aliphatic carboxylic acids is 1. The first kappa shape index (κ1) is 14.6. The summed E-state index contributed by atoms with van der Waals surface area (Å²) in [5.74, 6) is -1.76. The smallest absolute Gasteiger partial charge is 0.405 e. The van der Waals surface area contributed by atoms with Gasteiger partial charge in [0.25, 0.3) is 0 Å². The number of urea groups is 1. The molecule has 2 amide bonds. The van der Waals surface area contributed by atoms with E-state index in [1.165, 1.54) is 0 Å². The van der Waals surface area contributed by atoms with Gasteiger partial charge in [-0.05, 0) is 12.8 Å². The van der Waals surface area contributed by atoms with Crippen LogP contribution in [0.2, 0.25) is 0 Å². The van der Waals surface area contributed by atoms with E-state index in [2.05, 4.69) is 5.32 Å². The Morgan fingerprint density at radius 3 is 2.39 bits per heavy atom. The summed E-state index contributed by atoms with van der Waals surface area (Å²) in [6.07, 6.45) is -2.07. The molecule has 0 aliphatic heterocycles.